The zero-order valence-corrected chi connectivity index (χ0v) is 12.3. The number of amides is 1. The first-order chi connectivity index (χ1) is 9.65. The molecule has 1 aromatic rings. The van der Waals surface area contributed by atoms with Gasteiger partial charge in [0.15, 0.2) is 0 Å². The van der Waals surface area contributed by atoms with Gasteiger partial charge in [-0.1, -0.05) is 30.3 Å². The second-order valence-corrected chi connectivity index (χ2v) is 6.11. The molecule has 110 valence electrons. The molecule has 0 aliphatic heterocycles. The molecule has 1 amide bonds. The minimum Gasteiger partial charge on any atom is -0.356 e. The Labute approximate surface area is 121 Å². The average Bonchev–Trinajstić information content (AvgIpc) is 2.46. The molecule has 0 saturated heterocycles. The smallest absolute Gasteiger partial charge is 0.221 e. The maximum absolute atomic E-state index is 11.6. The number of carbonyl (C=O) groups is 1. The van der Waals surface area contributed by atoms with Crippen LogP contribution in [0.4, 0.5) is 0 Å². The fraction of sp³-hybridized carbons (Fsp3) is 0.588. The summed E-state index contributed by atoms with van der Waals surface area (Å²) in [7, 11) is 0. The molecule has 1 fully saturated rings. The predicted molar refractivity (Wildman–Crippen MR) is 82.4 cm³/mol. The van der Waals surface area contributed by atoms with Crippen molar-refractivity contribution < 1.29 is 4.79 Å². The third-order valence-electron chi connectivity index (χ3n) is 4.21. The third-order valence-corrected chi connectivity index (χ3v) is 4.21. The lowest BCUT2D eigenvalue weighted by Gasteiger charge is -2.29. The standard InChI is InChI=1S/C17H26N2O/c1-13(18)11-17(20)19-12-14-7-9-16(10-8-14)15-5-3-2-4-6-15/h2-6,13-14,16H,7-12,18H2,1H3,(H,19,20). The van der Waals surface area contributed by atoms with Crippen LogP contribution in [0.5, 0.6) is 0 Å². The number of nitrogens with one attached hydrogen (secondary N) is 1. The molecule has 0 spiro atoms. The highest BCUT2D eigenvalue weighted by Crippen LogP contribution is 2.35. The normalized spacial score (nSPS) is 24.1. The van der Waals surface area contributed by atoms with Gasteiger partial charge in [-0.05, 0) is 50.0 Å². The molecule has 1 aromatic carbocycles. The number of hydrogen-bond acceptors (Lipinski definition) is 2. The van der Waals surface area contributed by atoms with Crippen molar-refractivity contribution in [3.05, 3.63) is 35.9 Å². The van der Waals surface area contributed by atoms with Crippen molar-refractivity contribution >= 4 is 5.91 Å². The Morgan fingerprint density at radius 3 is 2.50 bits per heavy atom. The van der Waals surface area contributed by atoms with Gasteiger partial charge < -0.3 is 11.1 Å². The maximum Gasteiger partial charge on any atom is 0.221 e. The molecule has 1 saturated carbocycles. The second-order valence-electron chi connectivity index (χ2n) is 6.11. The number of hydrogen-bond donors (Lipinski definition) is 2. The summed E-state index contributed by atoms with van der Waals surface area (Å²) in [4.78, 5) is 11.6. The summed E-state index contributed by atoms with van der Waals surface area (Å²) in [5.74, 6) is 1.42. The summed E-state index contributed by atoms with van der Waals surface area (Å²) >= 11 is 0. The predicted octanol–water partition coefficient (Wildman–Crippen LogP) is 2.81. The van der Waals surface area contributed by atoms with Crippen LogP contribution < -0.4 is 11.1 Å². The van der Waals surface area contributed by atoms with E-state index in [0.29, 0.717) is 18.3 Å². The molecule has 1 unspecified atom stereocenters. The van der Waals surface area contributed by atoms with Crippen molar-refractivity contribution in [2.24, 2.45) is 11.7 Å². The van der Waals surface area contributed by atoms with E-state index in [-0.39, 0.29) is 11.9 Å². The molecule has 3 nitrogen and oxygen atoms in total. The van der Waals surface area contributed by atoms with Crippen molar-refractivity contribution in [3.8, 4) is 0 Å². The summed E-state index contributed by atoms with van der Waals surface area (Å²) in [6.07, 6.45) is 5.31. The Bertz CT molecular complexity index is 408. The van der Waals surface area contributed by atoms with Crippen molar-refractivity contribution in [2.45, 2.75) is 51.0 Å². The maximum atomic E-state index is 11.6. The van der Waals surface area contributed by atoms with Crippen molar-refractivity contribution in [1.29, 1.82) is 0 Å². The molecule has 0 aromatic heterocycles. The fourth-order valence-corrected chi connectivity index (χ4v) is 3.05. The monoisotopic (exact) mass is 274 g/mol. The van der Waals surface area contributed by atoms with E-state index in [1.54, 1.807) is 0 Å². The largest absolute Gasteiger partial charge is 0.356 e. The quantitative estimate of drug-likeness (QED) is 0.867. The van der Waals surface area contributed by atoms with E-state index in [1.165, 1.54) is 31.2 Å². The van der Waals surface area contributed by atoms with Crippen LogP contribution in [0.3, 0.4) is 0 Å². The van der Waals surface area contributed by atoms with E-state index in [4.69, 9.17) is 5.73 Å². The average molecular weight is 274 g/mol. The number of benzene rings is 1. The van der Waals surface area contributed by atoms with Crippen molar-refractivity contribution in [3.63, 3.8) is 0 Å². The van der Waals surface area contributed by atoms with Crippen LogP contribution in [0, 0.1) is 5.92 Å². The SMILES string of the molecule is CC(N)CC(=O)NCC1CCC(c2ccccc2)CC1. The van der Waals surface area contributed by atoms with Crippen LogP contribution in [0.25, 0.3) is 0 Å². The van der Waals surface area contributed by atoms with E-state index in [9.17, 15) is 4.79 Å². The highest BCUT2D eigenvalue weighted by atomic mass is 16.1. The van der Waals surface area contributed by atoms with Crippen LogP contribution >= 0.6 is 0 Å². The van der Waals surface area contributed by atoms with Gasteiger partial charge >= 0.3 is 0 Å². The molecule has 3 heteroatoms. The molecule has 3 N–H and O–H groups in total. The van der Waals surface area contributed by atoms with Gasteiger partial charge in [-0.25, -0.2) is 0 Å². The second kappa shape index (κ2) is 7.44. The first kappa shape index (κ1) is 15.0. The Balaban J connectivity index is 1.71. The number of rotatable bonds is 5. The summed E-state index contributed by atoms with van der Waals surface area (Å²) in [6.45, 7) is 2.68. The van der Waals surface area contributed by atoms with Crippen LogP contribution in [0.1, 0.15) is 50.5 Å². The first-order valence-electron chi connectivity index (χ1n) is 7.72. The van der Waals surface area contributed by atoms with E-state index >= 15 is 0 Å². The zero-order valence-electron chi connectivity index (χ0n) is 12.3. The van der Waals surface area contributed by atoms with Gasteiger partial charge in [0.2, 0.25) is 5.91 Å². The van der Waals surface area contributed by atoms with Gasteiger partial charge in [-0.2, -0.15) is 0 Å². The lowest BCUT2D eigenvalue weighted by Crippen LogP contribution is -2.34. The molecule has 0 heterocycles. The molecular formula is C17H26N2O. The van der Waals surface area contributed by atoms with E-state index in [2.05, 4.69) is 35.6 Å². The Morgan fingerprint density at radius 2 is 1.90 bits per heavy atom. The van der Waals surface area contributed by atoms with Crippen molar-refractivity contribution in [2.75, 3.05) is 6.54 Å². The van der Waals surface area contributed by atoms with Gasteiger partial charge in [0, 0.05) is 19.0 Å². The van der Waals surface area contributed by atoms with Crippen molar-refractivity contribution in [1.82, 2.24) is 5.32 Å². The molecule has 0 radical (unpaired) electrons. The molecule has 1 aliphatic carbocycles. The Kier molecular flexibility index (Phi) is 5.60. The number of nitrogens with two attached hydrogens (primary N) is 1. The van der Waals surface area contributed by atoms with Crippen LogP contribution in [0.15, 0.2) is 30.3 Å². The summed E-state index contributed by atoms with van der Waals surface area (Å²) in [5.41, 5.74) is 7.09. The topological polar surface area (TPSA) is 55.1 Å². The Hall–Kier alpha value is -1.35. The molecular weight excluding hydrogens is 248 g/mol. The highest BCUT2D eigenvalue weighted by molar-refractivity contribution is 5.76. The van der Waals surface area contributed by atoms with Gasteiger partial charge in [-0.3, -0.25) is 4.79 Å². The highest BCUT2D eigenvalue weighted by Gasteiger charge is 2.22. The summed E-state index contributed by atoms with van der Waals surface area (Å²) < 4.78 is 0. The van der Waals surface area contributed by atoms with Crippen LogP contribution in [0.2, 0.25) is 0 Å². The third kappa shape index (κ3) is 4.64. The van der Waals surface area contributed by atoms with Crippen LogP contribution in [-0.2, 0) is 4.79 Å². The molecule has 1 atom stereocenters. The first-order valence-corrected chi connectivity index (χ1v) is 7.72. The van der Waals surface area contributed by atoms with Gasteiger partial charge in [-0.15, -0.1) is 0 Å². The van der Waals surface area contributed by atoms with Gasteiger partial charge in [0.25, 0.3) is 0 Å². The van der Waals surface area contributed by atoms with E-state index < -0.39 is 0 Å². The minimum absolute atomic E-state index is 0.0520. The molecule has 2 rings (SSSR count). The number of carbonyl (C=O) groups excluding carboxylic acids is 1. The molecule has 1 aliphatic rings. The van der Waals surface area contributed by atoms with E-state index in [0.717, 1.165) is 6.54 Å². The lowest BCUT2D eigenvalue weighted by atomic mass is 9.79. The van der Waals surface area contributed by atoms with E-state index in [1.807, 2.05) is 6.92 Å². The minimum atomic E-state index is -0.0520. The summed E-state index contributed by atoms with van der Waals surface area (Å²) in [6, 6.07) is 10.7. The molecule has 0 bridgehead atoms. The van der Waals surface area contributed by atoms with Crippen LogP contribution in [-0.4, -0.2) is 18.5 Å². The zero-order chi connectivity index (χ0) is 14.4. The Morgan fingerprint density at radius 1 is 1.25 bits per heavy atom. The summed E-state index contributed by atoms with van der Waals surface area (Å²) in [5, 5.41) is 3.02. The molecule has 20 heavy (non-hydrogen) atoms. The van der Waals surface area contributed by atoms with Gasteiger partial charge in [0.05, 0.1) is 0 Å². The lowest BCUT2D eigenvalue weighted by molar-refractivity contribution is -0.121. The fourth-order valence-electron chi connectivity index (χ4n) is 3.05. The van der Waals surface area contributed by atoms with Gasteiger partial charge in [0.1, 0.15) is 0 Å².